The zero-order valence-corrected chi connectivity index (χ0v) is 20.0. The van der Waals surface area contributed by atoms with E-state index in [0.717, 1.165) is 30.8 Å². The van der Waals surface area contributed by atoms with Gasteiger partial charge in [-0.1, -0.05) is 32.4 Å². The Morgan fingerprint density at radius 3 is 2.39 bits per heavy atom. The predicted octanol–water partition coefficient (Wildman–Crippen LogP) is 3.82. The summed E-state index contributed by atoms with van der Waals surface area (Å²) in [5.41, 5.74) is 1.38. The molecule has 3 rings (SSSR count). The van der Waals surface area contributed by atoms with Crippen molar-refractivity contribution in [3.63, 3.8) is 0 Å². The lowest BCUT2D eigenvalue weighted by Crippen LogP contribution is -2.58. The fourth-order valence-corrected chi connectivity index (χ4v) is 4.39. The molecule has 0 aromatic heterocycles. The number of hydrogen-bond donors (Lipinski definition) is 3. The maximum absolute atomic E-state index is 11.9. The van der Waals surface area contributed by atoms with Crippen molar-refractivity contribution in [1.29, 1.82) is 0 Å². The highest BCUT2D eigenvalue weighted by Crippen LogP contribution is 2.27. The molecule has 0 unspecified atom stereocenters. The maximum atomic E-state index is 11.9. The Hall–Kier alpha value is -2.38. The van der Waals surface area contributed by atoms with Crippen molar-refractivity contribution < 1.29 is 24.2 Å². The van der Waals surface area contributed by atoms with Gasteiger partial charge in [-0.25, -0.2) is 4.79 Å². The third-order valence-electron chi connectivity index (χ3n) is 6.70. The SMILES string of the molecule is CCC(CC)O[C@@H]1C=C(C(=O)O)C[C@H](NCc2ccc(OCC3CCC3)cc2)[C@H]1NC(C)=O. The van der Waals surface area contributed by atoms with Gasteiger partial charge in [-0.15, -0.1) is 0 Å². The summed E-state index contributed by atoms with van der Waals surface area (Å²) in [6, 6.07) is 7.37. The molecule has 182 valence electrons. The van der Waals surface area contributed by atoms with Crippen LogP contribution in [0.2, 0.25) is 0 Å². The summed E-state index contributed by atoms with van der Waals surface area (Å²) >= 11 is 0. The van der Waals surface area contributed by atoms with E-state index in [1.54, 1.807) is 6.08 Å². The molecular weight excluding hydrogens is 420 g/mol. The van der Waals surface area contributed by atoms with Crippen molar-refractivity contribution in [2.75, 3.05) is 6.61 Å². The zero-order chi connectivity index (χ0) is 23.8. The molecule has 0 bridgehead atoms. The lowest BCUT2D eigenvalue weighted by atomic mass is 9.86. The first-order chi connectivity index (χ1) is 15.9. The van der Waals surface area contributed by atoms with Crippen LogP contribution in [0.15, 0.2) is 35.9 Å². The lowest BCUT2D eigenvalue weighted by Gasteiger charge is -2.38. The zero-order valence-electron chi connectivity index (χ0n) is 20.0. The monoisotopic (exact) mass is 458 g/mol. The van der Waals surface area contributed by atoms with Crippen LogP contribution in [0.5, 0.6) is 5.75 Å². The van der Waals surface area contributed by atoms with Crippen LogP contribution in [0, 0.1) is 5.92 Å². The van der Waals surface area contributed by atoms with Gasteiger partial charge >= 0.3 is 5.97 Å². The van der Waals surface area contributed by atoms with Crippen LogP contribution in [-0.2, 0) is 20.9 Å². The minimum Gasteiger partial charge on any atom is -0.493 e. The van der Waals surface area contributed by atoms with E-state index < -0.39 is 12.1 Å². The first-order valence-corrected chi connectivity index (χ1v) is 12.2. The molecule has 1 saturated carbocycles. The van der Waals surface area contributed by atoms with Crippen molar-refractivity contribution in [1.82, 2.24) is 10.6 Å². The molecule has 2 aliphatic carbocycles. The summed E-state index contributed by atoms with van der Waals surface area (Å²) in [6.07, 6.45) is 6.94. The highest BCUT2D eigenvalue weighted by Gasteiger charge is 2.37. The largest absolute Gasteiger partial charge is 0.493 e. The van der Waals surface area contributed by atoms with Crippen LogP contribution >= 0.6 is 0 Å². The first-order valence-electron chi connectivity index (χ1n) is 12.2. The molecule has 0 saturated heterocycles. The van der Waals surface area contributed by atoms with Crippen molar-refractivity contribution in [3.05, 3.63) is 41.5 Å². The standard InChI is InChI=1S/C26H38N2O5/c1-4-21(5-2)33-24-14-20(26(30)31)13-23(25(24)28-17(3)29)27-15-18-9-11-22(12-10-18)32-16-19-7-6-8-19/h9-12,14,19,21,23-25,27H,4-8,13,15-16H2,1-3H3,(H,28,29)(H,30,31)/t23-,24+,25+/m0/s1. The second-order valence-electron chi connectivity index (χ2n) is 9.21. The summed E-state index contributed by atoms with van der Waals surface area (Å²) in [6.45, 7) is 6.89. The van der Waals surface area contributed by atoms with E-state index in [0.29, 0.717) is 24.5 Å². The molecule has 0 radical (unpaired) electrons. The van der Waals surface area contributed by atoms with Crippen LogP contribution in [0.4, 0.5) is 0 Å². The molecule has 1 aromatic rings. The van der Waals surface area contributed by atoms with E-state index in [1.165, 1.54) is 26.2 Å². The lowest BCUT2D eigenvalue weighted by molar-refractivity contribution is -0.133. The van der Waals surface area contributed by atoms with E-state index in [2.05, 4.69) is 10.6 Å². The quantitative estimate of drug-likeness (QED) is 0.441. The Balaban J connectivity index is 1.67. The van der Waals surface area contributed by atoms with Crippen LogP contribution in [0.25, 0.3) is 0 Å². The number of carbonyl (C=O) groups excluding carboxylic acids is 1. The van der Waals surface area contributed by atoms with Crippen LogP contribution in [-0.4, -0.2) is 47.9 Å². The Kier molecular flexibility index (Phi) is 9.32. The van der Waals surface area contributed by atoms with Gasteiger partial charge in [0.15, 0.2) is 0 Å². The molecule has 0 spiro atoms. The van der Waals surface area contributed by atoms with Gasteiger partial charge in [0.1, 0.15) is 5.75 Å². The smallest absolute Gasteiger partial charge is 0.331 e. The maximum Gasteiger partial charge on any atom is 0.331 e. The number of ether oxygens (including phenoxy) is 2. The summed E-state index contributed by atoms with van der Waals surface area (Å²) in [4.78, 5) is 23.7. The van der Waals surface area contributed by atoms with E-state index in [4.69, 9.17) is 9.47 Å². The summed E-state index contributed by atoms with van der Waals surface area (Å²) < 4.78 is 12.1. The molecule has 33 heavy (non-hydrogen) atoms. The van der Waals surface area contributed by atoms with Crippen molar-refractivity contribution >= 4 is 11.9 Å². The van der Waals surface area contributed by atoms with Gasteiger partial charge in [0, 0.05) is 25.1 Å². The van der Waals surface area contributed by atoms with Gasteiger partial charge in [0.05, 0.1) is 24.9 Å². The minimum atomic E-state index is -0.950. The number of nitrogens with one attached hydrogen (secondary N) is 2. The van der Waals surface area contributed by atoms with Crippen LogP contribution in [0.1, 0.15) is 64.9 Å². The number of carboxylic acids is 1. The fourth-order valence-electron chi connectivity index (χ4n) is 4.39. The molecular formula is C26H38N2O5. The van der Waals surface area contributed by atoms with Gasteiger partial charge in [0.2, 0.25) is 5.91 Å². The van der Waals surface area contributed by atoms with Crippen molar-refractivity contribution in [2.24, 2.45) is 5.92 Å². The molecule has 1 amide bonds. The van der Waals surface area contributed by atoms with Gasteiger partial charge in [-0.2, -0.15) is 0 Å². The topological polar surface area (TPSA) is 96.9 Å². The van der Waals surface area contributed by atoms with E-state index >= 15 is 0 Å². The van der Waals surface area contributed by atoms with Crippen molar-refractivity contribution in [3.8, 4) is 5.75 Å². The molecule has 0 heterocycles. The molecule has 2 aliphatic rings. The molecule has 1 aromatic carbocycles. The van der Waals surface area contributed by atoms with Gasteiger partial charge < -0.3 is 25.2 Å². The number of carbonyl (C=O) groups is 2. The van der Waals surface area contributed by atoms with Gasteiger partial charge in [-0.05, 0) is 61.8 Å². The average molecular weight is 459 g/mol. The highest BCUT2D eigenvalue weighted by molar-refractivity contribution is 5.87. The van der Waals surface area contributed by atoms with E-state index in [-0.39, 0.29) is 24.1 Å². The Morgan fingerprint density at radius 1 is 1.15 bits per heavy atom. The summed E-state index contributed by atoms with van der Waals surface area (Å²) in [5.74, 6) is 0.448. The number of hydrogen-bond acceptors (Lipinski definition) is 5. The van der Waals surface area contributed by atoms with E-state index in [1.807, 2.05) is 38.1 Å². The third kappa shape index (κ3) is 7.30. The summed E-state index contributed by atoms with van der Waals surface area (Å²) in [5, 5.41) is 16.1. The third-order valence-corrected chi connectivity index (χ3v) is 6.70. The van der Waals surface area contributed by atoms with Crippen LogP contribution in [0.3, 0.4) is 0 Å². The number of benzene rings is 1. The molecule has 7 heteroatoms. The molecule has 1 fully saturated rings. The predicted molar refractivity (Wildman–Crippen MR) is 127 cm³/mol. The Morgan fingerprint density at radius 2 is 1.85 bits per heavy atom. The minimum absolute atomic E-state index is 0.00350. The number of rotatable bonds is 12. The van der Waals surface area contributed by atoms with Crippen molar-refractivity contribution in [2.45, 2.75) is 90.1 Å². The average Bonchev–Trinajstić information content (AvgIpc) is 2.76. The second-order valence-corrected chi connectivity index (χ2v) is 9.21. The Bertz CT molecular complexity index is 814. The molecule has 0 aliphatic heterocycles. The second kappa shape index (κ2) is 12.2. The Labute approximate surface area is 196 Å². The number of carboxylic acid groups (broad SMARTS) is 1. The molecule has 7 nitrogen and oxygen atoms in total. The summed E-state index contributed by atoms with van der Waals surface area (Å²) in [7, 11) is 0. The highest BCUT2D eigenvalue weighted by atomic mass is 16.5. The number of amides is 1. The van der Waals surface area contributed by atoms with Gasteiger partial charge in [-0.3, -0.25) is 4.79 Å². The van der Waals surface area contributed by atoms with Crippen LogP contribution < -0.4 is 15.4 Å². The fraction of sp³-hybridized carbons (Fsp3) is 0.615. The van der Waals surface area contributed by atoms with Gasteiger partial charge in [0.25, 0.3) is 0 Å². The normalized spacial score (nSPS) is 23.0. The molecule has 3 N–H and O–H groups in total. The first kappa shape index (κ1) is 25.2. The number of aliphatic carboxylic acids is 1. The molecule has 3 atom stereocenters. The van der Waals surface area contributed by atoms with E-state index in [9.17, 15) is 14.7 Å².